The smallest absolute Gasteiger partial charge is 0.425 e. The molecule has 2 N–H and O–H groups in total. The van der Waals surface area contributed by atoms with E-state index >= 15 is 0 Å². The van der Waals surface area contributed by atoms with Crippen molar-refractivity contribution in [2.24, 2.45) is 17.8 Å². The molecule has 12 nitrogen and oxygen atoms in total. The molecule has 1 aromatic rings. The number of Topliss-reactive ketones (excluding diaryl/α,β-unsaturated/α-hetero) is 1. The molecule has 1 aromatic carbocycles. The fourth-order valence-corrected chi connectivity index (χ4v) is 8.76. The van der Waals surface area contributed by atoms with Crippen LogP contribution in [0.25, 0.3) is 0 Å². The van der Waals surface area contributed by atoms with Crippen molar-refractivity contribution >= 4 is 29.6 Å². The molecule has 0 unspecified atom stereocenters. The molecule has 13 heteroatoms. The summed E-state index contributed by atoms with van der Waals surface area (Å²) < 4.78 is 31.4. The van der Waals surface area contributed by atoms with Crippen LogP contribution in [-0.2, 0) is 39.8 Å². The maximum absolute atomic E-state index is 14.6. The second-order valence-electron chi connectivity index (χ2n) is 15.5. The van der Waals surface area contributed by atoms with E-state index in [4.69, 9.17) is 23.7 Å². The molecule has 3 heterocycles. The molecule has 12 atom stereocenters. The Balaban J connectivity index is 1.75. The fraction of sp³-hybridized carbons (Fsp3) is 0.718. The number of aliphatic hydroxyl groups is 1. The van der Waals surface area contributed by atoms with E-state index in [9.17, 15) is 19.5 Å². The van der Waals surface area contributed by atoms with Gasteiger partial charge in [0.15, 0.2) is 11.9 Å². The number of hydrazine groups is 1. The third-order valence-electron chi connectivity index (χ3n) is 11.3. The van der Waals surface area contributed by atoms with Gasteiger partial charge >= 0.3 is 12.1 Å². The van der Waals surface area contributed by atoms with E-state index in [2.05, 4.69) is 5.43 Å². The van der Waals surface area contributed by atoms with Gasteiger partial charge in [-0.3, -0.25) is 4.79 Å². The van der Waals surface area contributed by atoms with Crippen LogP contribution in [-0.4, -0.2) is 114 Å². The Morgan fingerprint density at radius 2 is 1.75 bits per heavy atom. The Bertz CT molecular complexity index is 1440. The highest BCUT2D eigenvalue weighted by Crippen LogP contribution is 2.42. The first-order valence-corrected chi connectivity index (χ1v) is 19.6. The summed E-state index contributed by atoms with van der Waals surface area (Å²) in [6.45, 7) is 15.0. The lowest BCUT2D eigenvalue weighted by Crippen LogP contribution is -2.60. The van der Waals surface area contributed by atoms with E-state index < -0.39 is 71.7 Å². The molecule has 1 amide bonds. The number of fused-ring (bicyclic) bond motifs is 1. The van der Waals surface area contributed by atoms with Crippen molar-refractivity contribution in [3.05, 3.63) is 41.5 Å². The number of thioether (sulfide) groups is 1. The van der Waals surface area contributed by atoms with E-state index in [0.29, 0.717) is 25.0 Å². The summed E-state index contributed by atoms with van der Waals surface area (Å²) in [7, 11) is 5.40. The summed E-state index contributed by atoms with van der Waals surface area (Å²) in [4.78, 5) is 45.2. The topological polar surface area (TPSA) is 136 Å². The Morgan fingerprint density at radius 1 is 1.10 bits per heavy atom. The number of rotatable bonds is 9. The number of cyclic esters (lactones) is 1. The Hall–Kier alpha value is -2.52. The van der Waals surface area contributed by atoms with Crippen LogP contribution in [0.5, 0.6) is 0 Å². The minimum atomic E-state index is -1.35. The molecule has 3 aliphatic rings. The number of hydrogen-bond acceptors (Lipinski definition) is 12. The first kappa shape index (κ1) is 42.2. The van der Waals surface area contributed by atoms with E-state index in [1.807, 2.05) is 84.1 Å². The summed E-state index contributed by atoms with van der Waals surface area (Å²) in [5.74, 6) is -2.43. The molecule has 0 aromatic heterocycles. The van der Waals surface area contributed by atoms with Gasteiger partial charge in [-0.2, -0.15) is 0 Å². The fourth-order valence-electron chi connectivity index (χ4n) is 8.36. The number of nitrogens with one attached hydrogen (secondary N) is 1. The minimum Gasteiger partial charge on any atom is -0.455 e. The molecule has 0 radical (unpaired) electrons. The zero-order chi connectivity index (χ0) is 38.7. The van der Waals surface area contributed by atoms with Gasteiger partial charge < -0.3 is 33.7 Å². The Labute approximate surface area is 314 Å². The van der Waals surface area contributed by atoms with Crippen LogP contribution < -0.4 is 5.43 Å². The number of amides is 1. The zero-order valence-electron chi connectivity index (χ0n) is 33.0. The number of aliphatic hydroxyl groups excluding tert-OH is 1. The van der Waals surface area contributed by atoms with E-state index in [1.165, 1.54) is 5.01 Å². The molecule has 292 valence electrons. The van der Waals surface area contributed by atoms with Gasteiger partial charge in [-0.05, 0) is 85.0 Å². The van der Waals surface area contributed by atoms with Crippen LogP contribution >= 0.6 is 11.8 Å². The van der Waals surface area contributed by atoms with Crippen LogP contribution in [0.4, 0.5) is 4.79 Å². The van der Waals surface area contributed by atoms with E-state index in [1.54, 1.807) is 45.7 Å². The van der Waals surface area contributed by atoms with Crippen molar-refractivity contribution in [3.8, 4) is 0 Å². The summed E-state index contributed by atoms with van der Waals surface area (Å²) in [5, 5.41) is 12.8. The molecular formula is C39H61N3O9S. The van der Waals surface area contributed by atoms with Crippen molar-refractivity contribution < 1.29 is 43.2 Å². The number of likely N-dealkylation sites (N-methyl/N-ethyl adjacent to an activating group) is 1. The van der Waals surface area contributed by atoms with E-state index in [0.717, 1.165) is 10.5 Å². The third kappa shape index (κ3) is 8.88. The first-order valence-electron chi connectivity index (χ1n) is 18.4. The average molecular weight is 748 g/mol. The van der Waals surface area contributed by atoms with E-state index in [-0.39, 0.29) is 24.3 Å². The van der Waals surface area contributed by atoms with Gasteiger partial charge in [-0.15, -0.1) is 11.8 Å². The van der Waals surface area contributed by atoms with Gasteiger partial charge in [0.05, 0.1) is 17.8 Å². The van der Waals surface area contributed by atoms with Crippen LogP contribution in [0.1, 0.15) is 80.2 Å². The van der Waals surface area contributed by atoms with Crippen molar-refractivity contribution in [3.63, 3.8) is 0 Å². The summed E-state index contributed by atoms with van der Waals surface area (Å²) in [6, 6.07) is 6.98. The second kappa shape index (κ2) is 17.3. The molecule has 4 rings (SSSR count). The van der Waals surface area contributed by atoms with Gasteiger partial charge in [0.1, 0.15) is 24.0 Å². The van der Waals surface area contributed by atoms with Crippen LogP contribution in [0.3, 0.4) is 0 Å². The monoisotopic (exact) mass is 747 g/mol. The molecule has 2 saturated heterocycles. The predicted molar refractivity (Wildman–Crippen MR) is 199 cm³/mol. The largest absolute Gasteiger partial charge is 0.455 e. The molecule has 0 spiro atoms. The summed E-state index contributed by atoms with van der Waals surface area (Å²) in [5.41, 5.74) is 2.10. The lowest BCUT2D eigenvalue weighted by Gasteiger charge is -2.46. The lowest BCUT2D eigenvalue weighted by atomic mass is 9.74. The van der Waals surface area contributed by atoms with Gasteiger partial charge in [0.2, 0.25) is 0 Å². The summed E-state index contributed by atoms with van der Waals surface area (Å²) >= 11 is 1.64. The van der Waals surface area contributed by atoms with Crippen LogP contribution in [0.2, 0.25) is 0 Å². The number of ketones is 1. The normalized spacial score (nSPS) is 39.0. The number of methoxy groups -OCH3 is 1. The van der Waals surface area contributed by atoms with Crippen molar-refractivity contribution in [2.45, 2.75) is 140 Å². The van der Waals surface area contributed by atoms with Crippen molar-refractivity contribution in [2.75, 3.05) is 27.5 Å². The number of benzene rings is 1. The molecule has 0 saturated carbocycles. The molecule has 2 fully saturated rings. The highest BCUT2D eigenvalue weighted by atomic mass is 32.2. The number of carbonyl (C=O) groups excluding carboxylic acids is 3. The lowest BCUT2D eigenvalue weighted by molar-refractivity contribution is -0.294. The molecule has 0 aliphatic carbocycles. The Kier molecular flexibility index (Phi) is 14.0. The van der Waals surface area contributed by atoms with Gasteiger partial charge in [-0.25, -0.2) is 20.0 Å². The van der Waals surface area contributed by atoms with Gasteiger partial charge in [0, 0.05) is 47.9 Å². The minimum absolute atomic E-state index is 0.111. The van der Waals surface area contributed by atoms with Crippen molar-refractivity contribution in [1.82, 2.24) is 15.3 Å². The quantitative estimate of drug-likeness (QED) is 0.249. The Morgan fingerprint density at radius 3 is 2.33 bits per heavy atom. The molecule has 3 aliphatic heterocycles. The number of hydrogen-bond donors (Lipinski definition) is 2. The SMILES string of the molecule is CC[C@H]1OC(=O)/C(C)=C/[C@H](C)[C@@H](O[C@@H]2O[C@H](C)C[C@H](N(C)C)[C@H]2O)[C@](C)(OC)C[C@@H](C)C(=O)[C@H](C)[C@H]2N(NCc3ccc(SC)cc3)C(=O)O[C@]12C. The average Bonchev–Trinajstić information content (AvgIpc) is 3.37. The second-order valence-corrected chi connectivity index (χ2v) is 16.4. The van der Waals surface area contributed by atoms with Gasteiger partial charge in [0.25, 0.3) is 0 Å². The molecule has 0 bridgehead atoms. The number of carbonyl (C=O) groups is 3. The highest BCUT2D eigenvalue weighted by molar-refractivity contribution is 7.98. The maximum atomic E-state index is 14.6. The molecule has 52 heavy (non-hydrogen) atoms. The number of nitrogens with zero attached hydrogens (tertiary/aromatic N) is 2. The van der Waals surface area contributed by atoms with Gasteiger partial charge in [-0.1, -0.05) is 45.9 Å². The first-order chi connectivity index (χ1) is 24.4. The molecular weight excluding hydrogens is 687 g/mol. The highest BCUT2D eigenvalue weighted by Gasteiger charge is 2.60. The van der Waals surface area contributed by atoms with Crippen LogP contribution in [0, 0.1) is 17.8 Å². The number of esters is 1. The maximum Gasteiger partial charge on any atom is 0.425 e. The number of ether oxygens (including phenoxy) is 5. The zero-order valence-corrected chi connectivity index (χ0v) is 33.8. The predicted octanol–water partition coefficient (Wildman–Crippen LogP) is 5.36. The van der Waals surface area contributed by atoms with Crippen molar-refractivity contribution in [1.29, 1.82) is 0 Å². The standard InChI is InChI=1S/C39H61N3O9S/c1-13-30-39(8)33(42(37(46)51-39)40-21-27-14-16-28(52-12)17-15-27)26(6)31(43)24(4)20-38(7,47-11)34(22(2)18-23(3)35(45)49-30)50-36-32(44)29(41(9)10)19-25(5)48-36/h14-18,22,24-26,29-30,32-34,36,40,44H,13,19-21H2,1-12H3/b23-18+/t22-,24+,25+,26-,29-,30+,32+,33+,34+,36-,38+,39+/m0/s1. The third-order valence-corrected chi connectivity index (χ3v) is 12.0. The van der Waals surface area contributed by atoms with Crippen LogP contribution in [0.15, 0.2) is 40.8 Å². The summed E-state index contributed by atoms with van der Waals surface area (Å²) in [6.07, 6.45) is 0.630.